The molecule has 1 aliphatic carbocycles. The summed E-state index contributed by atoms with van der Waals surface area (Å²) in [6, 6.07) is 13.2. The highest BCUT2D eigenvalue weighted by molar-refractivity contribution is 6.50. The number of hydrogen-bond donors (Lipinski definition) is 1. The van der Waals surface area contributed by atoms with Gasteiger partial charge < -0.3 is 5.32 Å². The van der Waals surface area contributed by atoms with E-state index in [1.165, 1.54) is 18.6 Å². The minimum Gasteiger partial charge on any atom is -0.351 e. The molecule has 0 radical (unpaired) electrons. The third-order valence-corrected chi connectivity index (χ3v) is 4.84. The second kappa shape index (κ2) is 7.77. The first-order valence-electron chi connectivity index (χ1n) is 8.78. The number of Topliss-reactive ketones (excluding diaryl/α,β-unsaturated/α-hetero) is 3. The lowest BCUT2D eigenvalue weighted by atomic mass is 9.92. The quantitative estimate of drug-likeness (QED) is 0.651. The summed E-state index contributed by atoms with van der Waals surface area (Å²) in [6.07, 6.45) is 4.70. The number of nitrogens with one attached hydrogen (secondary N) is 1. The summed E-state index contributed by atoms with van der Waals surface area (Å²) in [7, 11) is 0. The molecule has 0 atom stereocenters. The fourth-order valence-electron chi connectivity index (χ4n) is 3.06. The minimum atomic E-state index is -0.417. The molecule has 0 unspecified atom stereocenters. The van der Waals surface area contributed by atoms with Gasteiger partial charge in [-0.15, -0.1) is 0 Å². The van der Waals surface area contributed by atoms with Crippen LogP contribution in [0.15, 0.2) is 77.9 Å². The van der Waals surface area contributed by atoms with Gasteiger partial charge in [-0.3, -0.25) is 24.4 Å². The summed E-state index contributed by atoms with van der Waals surface area (Å²) in [5, 5.41) is 2.73. The summed E-state index contributed by atoms with van der Waals surface area (Å²) in [6.45, 7) is 0. The number of halogens is 1. The van der Waals surface area contributed by atoms with Crippen molar-refractivity contribution in [3.05, 3.63) is 100 Å². The van der Waals surface area contributed by atoms with E-state index in [-0.39, 0.29) is 34.3 Å². The fourth-order valence-corrected chi connectivity index (χ4v) is 3.29. The Hall–Kier alpha value is -3.64. The zero-order valence-electron chi connectivity index (χ0n) is 15.1. The lowest BCUT2D eigenvalue weighted by Crippen LogP contribution is -2.24. The second-order valence-corrected chi connectivity index (χ2v) is 6.77. The molecule has 0 spiro atoms. The number of rotatable bonds is 5. The maximum atomic E-state index is 12.8. The molecule has 7 heteroatoms. The summed E-state index contributed by atoms with van der Waals surface area (Å²) >= 11 is 6.18. The van der Waals surface area contributed by atoms with Crippen molar-refractivity contribution in [2.75, 3.05) is 5.32 Å². The predicted octanol–water partition coefficient (Wildman–Crippen LogP) is 3.84. The van der Waals surface area contributed by atoms with E-state index >= 15 is 0 Å². The molecule has 142 valence electrons. The van der Waals surface area contributed by atoms with Gasteiger partial charge in [0.2, 0.25) is 11.6 Å². The summed E-state index contributed by atoms with van der Waals surface area (Å²) in [5.41, 5.74) is 2.04. The predicted molar refractivity (Wildman–Crippen MR) is 108 cm³/mol. The van der Waals surface area contributed by atoms with Gasteiger partial charge in [0, 0.05) is 41.0 Å². The maximum absolute atomic E-state index is 12.8. The van der Waals surface area contributed by atoms with Crippen molar-refractivity contribution in [1.82, 2.24) is 9.97 Å². The van der Waals surface area contributed by atoms with E-state index in [0.717, 1.165) is 0 Å². The standard InChI is InChI=1S/C22H14ClN3O3/c23-19-20(22(29)17-7-2-1-6-16(17)21(19)28)26-14-5-3-4-13(10-14)18(27)11-15-12-24-8-9-25-15/h1-10,12,26H,11H2. The van der Waals surface area contributed by atoms with Gasteiger partial charge in [0.1, 0.15) is 10.7 Å². The van der Waals surface area contributed by atoms with Gasteiger partial charge in [-0.2, -0.15) is 0 Å². The highest BCUT2D eigenvalue weighted by Crippen LogP contribution is 2.29. The number of allylic oxidation sites excluding steroid dienone is 2. The average Bonchev–Trinajstić information content (AvgIpc) is 2.76. The fraction of sp³-hybridized carbons (Fsp3) is 0.0455. The van der Waals surface area contributed by atoms with Crippen molar-refractivity contribution in [1.29, 1.82) is 0 Å². The molecule has 1 N–H and O–H groups in total. The first-order chi connectivity index (χ1) is 14.0. The monoisotopic (exact) mass is 403 g/mol. The van der Waals surface area contributed by atoms with Crippen molar-refractivity contribution in [3.8, 4) is 0 Å². The molecular formula is C22H14ClN3O3. The normalized spacial score (nSPS) is 13.3. The van der Waals surface area contributed by atoms with Crippen molar-refractivity contribution >= 4 is 34.6 Å². The number of benzene rings is 2. The van der Waals surface area contributed by atoms with E-state index in [9.17, 15) is 14.4 Å². The summed E-state index contributed by atoms with van der Waals surface area (Å²) in [4.78, 5) is 45.9. The average molecular weight is 404 g/mol. The Morgan fingerprint density at radius 2 is 1.72 bits per heavy atom. The molecule has 1 heterocycles. The van der Waals surface area contributed by atoms with Crippen LogP contribution in [0, 0.1) is 0 Å². The molecule has 2 aromatic carbocycles. The van der Waals surface area contributed by atoms with Crippen molar-refractivity contribution < 1.29 is 14.4 Å². The van der Waals surface area contributed by atoms with Gasteiger partial charge in [0.05, 0.1) is 12.1 Å². The number of fused-ring (bicyclic) bond motifs is 1. The second-order valence-electron chi connectivity index (χ2n) is 6.40. The van der Waals surface area contributed by atoms with Crippen molar-refractivity contribution in [2.24, 2.45) is 0 Å². The number of carbonyl (C=O) groups excluding carboxylic acids is 3. The molecule has 0 saturated heterocycles. The Bertz CT molecular complexity index is 1170. The molecular weight excluding hydrogens is 390 g/mol. The number of ketones is 3. The number of aromatic nitrogens is 2. The van der Waals surface area contributed by atoms with Gasteiger partial charge in [-0.05, 0) is 12.1 Å². The summed E-state index contributed by atoms with van der Waals surface area (Å²) in [5.74, 6) is -0.939. The van der Waals surface area contributed by atoms with Crippen LogP contribution in [0.3, 0.4) is 0 Å². The first-order valence-corrected chi connectivity index (χ1v) is 9.16. The van der Waals surface area contributed by atoms with Gasteiger partial charge in [0.25, 0.3) is 0 Å². The lowest BCUT2D eigenvalue weighted by Gasteiger charge is -2.19. The van der Waals surface area contributed by atoms with Crippen LogP contribution >= 0.6 is 11.6 Å². The molecule has 0 amide bonds. The molecule has 1 aromatic heterocycles. The SMILES string of the molecule is O=C(Cc1cnccn1)c1cccc(NC2=C(Cl)C(=O)c3ccccc3C2=O)c1. The zero-order chi connectivity index (χ0) is 20.4. The van der Waals surface area contributed by atoms with Gasteiger partial charge in [-0.1, -0.05) is 48.0 Å². The van der Waals surface area contributed by atoms with Crippen molar-refractivity contribution in [3.63, 3.8) is 0 Å². The molecule has 6 nitrogen and oxygen atoms in total. The molecule has 0 aliphatic heterocycles. The van der Waals surface area contributed by atoms with E-state index in [1.807, 2.05) is 0 Å². The topological polar surface area (TPSA) is 89.0 Å². The number of hydrogen-bond acceptors (Lipinski definition) is 6. The van der Waals surface area contributed by atoms with Crippen molar-refractivity contribution in [2.45, 2.75) is 6.42 Å². The van der Waals surface area contributed by atoms with Gasteiger partial charge in [0.15, 0.2) is 5.78 Å². The molecule has 0 fully saturated rings. The maximum Gasteiger partial charge on any atom is 0.211 e. The molecule has 0 bridgehead atoms. The van der Waals surface area contributed by atoms with Gasteiger partial charge in [-0.25, -0.2) is 0 Å². The van der Waals surface area contributed by atoms with E-state index in [0.29, 0.717) is 22.5 Å². The molecule has 3 aromatic rings. The van der Waals surface area contributed by atoms with Crippen LogP contribution < -0.4 is 5.32 Å². The van der Waals surface area contributed by atoms with Crippen LogP contribution in [0.1, 0.15) is 36.8 Å². The lowest BCUT2D eigenvalue weighted by molar-refractivity contribution is 0.0982. The molecule has 29 heavy (non-hydrogen) atoms. The number of anilines is 1. The molecule has 4 rings (SSSR count). The van der Waals surface area contributed by atoms with E-state index in [1.54, 1.807) is 48.5 Å². The molecule has 1 aliphatic rings. The third kappa shape index (κ3) is 3.70. The van der Waals surface area contributed by atoms with Crippen LogP contribution in [0.25, 0.3) is 0 Å². The first kappa shape index (κ1) is 18.7. The van der Waals surface area contributed by atoms with Crippen LogP contribution in [0.5, 0.6) is 0 Å². The van der Waals surface area contributed by atoms with Crippen LogP contribution in [-0.4, -0.2) is 27.3 Å². The largest absolute Gasteiger partial charge is 0.351 e. The van der Waals surface area contributed by atoms with Gasteiger partial charge >= 0.3 is 0 Å². The van der Waals surface area contributed by atoms with E-state index in [4.69, 9.17) is 11.6 Å². The van der Waals surface area contributed by atoms with Crippen LogP contribution in [-0.2, 0) is 6.42 Å². The highest BCUT2D eigenvalue weighted by atomic mass is 35.5. The Kier molecular flexibility index (Phi) is 5.01. The summed E-state index contributed by atoms with van der Waals surface area (Å²) < 4.78 is 0. The van der Waals surface area contributed by atoms with E-state index < -0.39 is 5.78 Å². The van der Waals surface area contributed by atoms with E-state index in [2.05, 4.69) is 15.3 Å². The van der Waals surface area contributed by atoms with Crippen LogP contribution in [0.2, 0.25) is 0 Å². The smallest absolute Gasteiger partial charge is 0.211 e. The van der Waals surface area contributed by atoms with Crippen LogP contribution in [0.4, 0.5) is 5.69 Å². The zero-order valence-corrected chi connectivity index (χ0v) is 15.8. The number of nitrogens with zero attached hydrogens (tertiary/aromatic N) is 2. The Morgan fingerprint density at radius 3 is 2.45 bits per heavy atom. The number of carbonyl (C=O) groups is 3. The Balaban J connectivity index is 1.60. The third-order valence-electron chi connectivity index (χ3n) is 4.47. The Labute approximate surface area is 171 Å². The minimum absolute atomic E-state index is 0.00566. The molecule has 0 saturated carbocycles. The Morgan fingerprint density at radius 1 is 0.966 bits per heavy atom. The highest BCUT2D eigenvalue weighted by Gasteiger charge is 2.31.